The number of unbranched alkanes of at least 4 members (excludes halogenated alkanes) is 41. The second-order valence-electron chi connectivity index (χ2n) is 30.0. The van der Waals surface area contributed by atoms with E-state index in [0.29, 0.717) is 31.6 Å². The van der Waals surface area contributed by atoms with E-state index < -0.39 is 97.5 Å². The first kappa shape index (κ1) is 95.1. The first-order valence-corrected chi connectivity index (χ1v) is 43.2. The van der Waals surface area contributed by atoms with Gasteiger partial charge in [-0.05, 0) is 49.4 Å². The summed E-state index contributed by atoms with van der Waals surface area (Å²) in [4.78, 5) is 72.8. The van der Waals surface area contributed by atoms with Gasteiger partial charge in [0.15, 0.2) is 12.2 Å². The number of esters is 4. The molecule has 0 rings (SSSR count). The van der Waals surface area contributed by atoms with Crippen molar-refractivity contribution in [2.75, 3.05) is 39.6 Å². The molecule has 0 aliphatic rings. The van der Waals surface area contributed by atoms with Crippen LogP contribution < -0.4 is 0 Å². The SMILES string of the molecule is CC(C)CCCCCCCCCCCCCCCCCCCCC(=O)O[C@H](COC(=O)CCCCCCCCC(C)C)COP(=O)(O)OCC(O)COP(=O)(O)OC[C@@H](COC(=O)CCCCCCCCCCC(C)C)OC(=O)CCCCCCCCCCCCCCCC(C)C. The first-order valence-electron chi connectivity index (χ1n) is 40.2. The molecule has 97 heavy (non-hydrogen) atoms. The van der Waals surface area contributed by atoms with Gasteiger partial charge in [0.2, 0.25) is 0 Å². The Labute approximate surface area is 594 Å². The average molecular weight is 1420 g/mol. The van der Waals surface area contributed by atoms with Crippen LogP contribution in [0.15, 0.2) is 0 Å². The van der Waals surface area contributed by atoms with Crippen molar-refractivity contribution in [2.45, 2.75) is 414 Å². The minimum atomic E-state index is -4.96. The molecule has 576 valence electrons. The van der Waals surface area contributed by atoms with E-state index >= 15 is 0 Å². The van der Waals surface area contributed by atoms with Crippen LogP contribution in [0, 0.1) is 23.7 Å². The summed E-state index contributed by atoms with van der Waals surface area (Å²) in [5.41, 5.74) is 0. The molecule has 17 nitrogen and oxygen atoms in total. The molecule has 0 spiro atoms. The summed E-state index contributed by atoms with van der Waals surface area (Å²) >= 11 is 0. The Kier molecular flexibility index (Phi) is 65.9. The molecule has 0 aromatic heterocycles. The van der Waals surface area contributed by atoms with Crippen molar-refractivity contribution < 1.29 is 80.2 Å². The number of ether oxygens (including phenoxy) is 4. The standard InChI is InChI=1S/C78H152O17P2/c1-68(2)54-46-38-30-24-20-16-13-11-9-10-12-14-18-22-26-34-44-52-60-78(83)95-74(65-89-76(81)59-51-43-37-36-41-49-57-71(7)8)67-93-97(86,87)91-63-72(79)62-90-96(84,85)92-66-73(64-88-75(80)58-50-42-33-29-28-32-40-48-56-70(5)6)94-77(82)61-53-45-35-27-23-19-15-17-21-25-31-39-47-55-69(3)4/h68-74,79H,9-67H2,1-8H3,(H,84,85)(H,86,87)/t72?,73-,74-/m1/s1. The molecule has 0 aromatic carbocycles. The fourth-order valence-electron chi connectivity index (χ4n) is 11.9. The van der Waals surface area contributed by atoms with Crippen molar-refractivity contribution in [3.8, 4) is 0 Å². The molecule has 0 heterocycles. The summed E-state index contributed by atoms with van der Waals surface area (Å²) < 4.78 is 68.5. The molecule has 0 bridgehead atoms. The lowest BCUT2D eigenvalue weighted by Gasteiger charge is -2.21. The van der Waals surface area contributed by atoms with E-state index in [1.54, 1.807) is 0 Å². The number of carbonyl (C=O) groups excluding carboxylic acids is 4. The van der Waals surface area contributed by atoms with E-state index in [2.05, 4.69) is 55.4 Å². The lowest BCUT2D eigenvalue weighted by atomic mass is 10.0. The summed E-state index contributed by atoms with van der Waals surface area (Å²) in [6.45, 7) is 14.2. The molecule has 3 N–H and O–H groups in total. The fraction of sp³-hybridized carbons (Fsp3) is 0.949. The fourth-order valence-corrected chi connectivity index (χ4v) is 13.5. The maximum absolute atomic E-state index is 13.1. The Hall–Kier alpha value is -1.94. The number of rotatable bonds is 75. The summed E-state index contributed by atoms with van der Waals surface area (Å²) in [6.07, 6.45) is 53.0. The normalized spacial score (nSPS) is 14.1. The van der Waals surface area contributed by atoms with Gasteiger partial charge in [-0.1, -0.05) is 344 Å². The monoisotopic (exact) mass is 1420 g/mol. The van der Waals surface area contributed by atoms with Gasteiger partial charge < -0.3 is 33.8 Å². The summed E-state index contributed by atoms with van der Waals surface area (Å²) in [5, 5.41) is 10.6. The zero-order chi connectivity index (χ0) is 71.7. The molecule has 3 unspecified atom stereocenters. The Morgan fingerprint density at radius 1 is 0.258 bits per heavy atom. The van der Waals surface area contributed by atoms with Gasteiger partial charge in [-0.2, -0.15) is 0 Å². The van der Waals surface area contributed by atoms with Crippen LogP contribution in [0.25, 0.3) is 0 Å². The summed E-state index contributed by atoms with van der Waals surface area (Å²) in [7, 11) is -9.91. The Morgan fingerprint density at radius 2 is 0.433 bits per heavy atom. The van der Waals surface area contributed by atoms with Crippen molar-refractivity contribution >= 4 is 39.5 Å². The highest BCUT2D eigenvalue weighted by atomic mass is 31.2. The van der Waals surface area contributed by atoms with Crippen molar-refractivity contribution in [1.82, 2.24) is 0 Å². The van der Waals surface area contributed by atoms with Crippen molar-refractivity contribution in [1.29, 1.82) is 0 Å². The van der Waals surface area contributed by atoms with Gasteiger partial charge in [0.05, 0.1) is 26.4 Å². The van der Waals surface area contributed by atoms with Gasteiger partial charge in [0.1, 0.15) is 19.3 Å². The molecule has 0 amide bonds. The van der Waals surface area contributed by atoms with Crippen LogP contribution >= 0.6 is 15.6 Å². The van der Waals surface area contributed by atoms with E-state index in [1.807, 2.05) is 0 Å². The Bertz CT molecular complexity index is 1900. The number of phosphoric ester groups is 2. The predicted octanol–water partition coefficient (Wildman–Crippen LogP) is 22.8. The third-order valence-electron chi connectivity index (χ3n) is 18.1. The molecule has 19 heteroatoms. The van der Waals surface area contributed by atoms with E-state index in [0.717, 1.165) is 114 Å². The quantitative estimate of drug-likeness (QED) is 0.0222. The number of phosphoric acid groups is 2. The first-order chi connectivity index (χ1) is 46.6. The van der Waals surface area contributed by atoms with Crippen LogP contribution in [0.4, 0.5) is 0 Å². The molecular weight excluding hydrogens is 1270 g/mol. The average Bonchev–Trinajstić information content (AvgIpc) is 2.05. The largest absolute Gasteiger partial charge is 0.472 e. The van der Waals surface area contributed by atoms with Gasteiger partial charge in [-0.15, -0.1) is 0 Å². The van der Waals surface area contributed by atoms with E-state index in [-0.39, 0.29) is 25.7 Å². The number of hydrogen-bond donors (Lipinski definition) is 3. The zero-order valence-electron chi connectivity index (χ0n) is 63.7. The minimum Gasteiger partial charge on any atom is -0.462 e. The minimum absolute atomic E-state index is 0.106. The summed E-state index contributed by atoms with van der Waals surface area (Å²) in [5.74, 6) is 0.891. The van der Waals surface area contributed by atoms with Crippen LogP contribution in [0.5, 0.6) is 0 Å². The van der Waals surface area contributed by atoms with Crippen LogP contribution in [0.3, 0.4) is 0 Å². The van der Waals surface area contributed by atoms with E-state index in [9.17, 15) is 43.2 Å². The molecule has 0 aromatic rings. The molecule has 0 saturated heterocycles. The lowest BCUT2D eigenvalue weighted by molar-refractivity contribution is -0.161. The van der Waals surface area contributed by atoms with Gasteiger partial charge in [0, 0.05) is 25.7 Å². The van der Waals surface area contributed by atoms with Gasteiger partial charge in [0.25, 0.3) is 0 Å². The maximum Gasteiger partial charge on any atom is 0.472 e. The Balaban J connectivity index is 5.17. The smallest absolute Gasteiger partial charge is 0.462 e. The van der Waals surface area contributed by atoms with Crippen LogP contribution in [-0.4, -0.2) is 96.7 Å². The van der Waals surface area contributed by atoms with Gasteiger partial charge in [-0.3, -0.25) is 37.3 Å². The van der Waals surface area contributed by atoms with Crippen LogP contribution in [-0.2, 0) is 65.4 Å². The van der Waals surface area contributed by atoms with Crippen LogP contribution in [0.1, 0.15) is 396 Å². The Morgan fingerprint density at radius 3 is 0.639 bits per heavy atom. The van der Waals surface area contributed by atoms with Crippen LogP contribution in [0.2, 0.25) is 0 Å². The number of hydrogen-bond acceptors (Lipinski definition) is 15. The van der Waals surface area contributed by atoms with E-state index in [4.69, 9.17) is 37.0 Å². The number of aliphatic hydroxyl groups excluding tert-OH is 1. The third-order valence-corrected chi connectivity index (χ3v) is 20.0. The van der Waals surface area contributed by atoms with Crippen molar-refractivity contribution in [3.05, 3.63) is 0 Å². The highest BCUT2D eigenvalue weighted by Crippen LogP contribution is 2.45. The topological polar surface area (TPSA) is 237 Å². The lowest BCUT2D eigenvalue weighted by Crippen LogP contribution is -2.30. The molecular formula is C78H152O17P2. The van der Waals surface area contributed by atoms with Gasteiger partial charge >= 0.3 is 39.5 Å². The number of carbonyl (C=O) groups is 4. The zero-order valence-corrected chi connectivity index (χ0v) is 65.5. The number of aliphatic hydroxyl groups is 1. The molecule has 0 aliphatic heterocycles. The third kappa shape index (κ3) is 72.2. The molecule has 5 atom stereocenters. The highest BCUT2D eigenvalue weighted by Gasteiger charge is 2.30. The highest BCUT2D eigenvalue weighted by molar-refractivity contribution is 7.47. The maximum atomic E-state index is 13.1. The molecule has 0 fully saturated rings. The van der Waals surface area contributed by atoms with E-state index in [1.165, 1.54) is 193 Å². The summed E-state index contributed by atoms with van der Waals surface area (Å²) in [6, 6.07) is 0. The predicted molar refractivity (Wildman–Crippen MR) is 395 cm³/mol. The second-order valence-corrected chi connectivity index (χ2v) is 32.9. The second kappa shape index (κ2) is 67.2. The van der Waals surface area contributed by atoms with Crippen molar-refractivity contribution in [3.63, 3.8) is 0 Å². The van der Waals surface area contributed by atoms with Gasteiger partial charge in [-0.25, -0.2) is 9.13 Å². The van der Waals surface area contributed by atoms with Crippen molar-refractivity contribution in [2.24, 2.45) is 23.7 Å². The molecule has 0 radical (unpaired) electrons. The molecule has 0 saturated carbocycles. The molecule has 0 aliphatic carbocycles.